The summed E-state index contributed by atoms with van der Waals surface area (Å²) in [5.41, 5.74) is 1.07. The van der Waals surface area contributed by atoms with Crippen LogP contribution in [0.3, 0.4) is 0 Å². The number of hydrogen-bond acceptors (Lipinski definition) is 2. The average molecular weight is 237 g/mol. The summed E-state index contributed by atoms with van der Waals surface area (Å²) in [6, 6.07) is 0.196. The minimum Gasteiger partial charge on any atom is -0.480 e. The molecule has 1 saturated carbocycles. The second-order valence-corrected chi connectivity index (χ2v) is 5.67. The molecule has 17 heavy (non-hydrogen) atoms. The van der Waals surface area contributed by atoms with Gasteiger partial charge < -0.3 is 5.11 Å². The lowest BCUT2D eigenvalue weighted by Gasteiger charge is -2.47. The molecule has 0 spiro atoms. The van der Waals surface area contributed by atoms with E-state index in [1.54, 1.807) is 0 Å². The van der Waals surface area contributed by atoms with Crippen molar-refractivity contribution in [3.05, 3.63) is 12.2 Å². The molecule has 1 aliphatic carbocycles. The maximum Gasteiger partial charge on any atom is 0.320 e. The van der Waals surface area contributed by atoms with Gasteiger partial charge in [-0.05, 0) is 38.5 Å². The van der Waals surface area contributed by atoms with Crippen molar-refractivity contribution in [3.8, 4) is 0 Å². The van der Waals surface area contributed by atoms with Crippen LogP contribution in [0, 0.1) is 5.92 Å². The summed E-state index contributed by atoms with van der Waals surface area (Å²) in [7, 11) is 0. The van der Waals surface area contributed by atoms with Crippen molar-refractivity contribution in [1.29, 1.82) is 0 Å². The number of hydrogen-bond donors (Lipinski definition) is 1. The van der Waals surface area contributed by atoms with Crippen molar-refractivity contribution in [1.82, 2.24) is 4.90 Å². The van der Waals surface area contributed by atoms with Gasteiger partial charge >= 0.3 is 5.97 Å². The van der Waals surface area contributed by atoms with Gasteiger partial charge in [-0.3, -0.25) is 9.69 Å². The first-order valence-electron chi connectivity index (χ1n) is 6.72. The molecule has 3 nitrogen and oxygen atoms in total. The van der Waals surface area contributed by atoms with Gasteiger partial charge in [-0.15, -0.1) is 0 Å². The molecule has 0 bridgehead atoms. The summed E-state index contributed by atoms with van der Waals surface area (Å²) in [5.74, 6) is 0.0639. The molecule has 0 aromatic heterocycles. The largest absolute Gasteiger partial charge is 0.480 e. The maximum absolute atomic E-state index is 11.3. The average Bonchev–Trinajstić information content (AvgIpc) is 2.28. The van der Waals surface area contributed by atoms with E-state index in [2.05, 4.69) is 11.5 Å². The Labute approximate surface area is 103 Å². The van der Waals surface area contributed by atoms with Crippen molar-refractivity contribution in [2.45, 2.75) is 57.5 Å². The number of rotatable bonds is 3. The zero-order valence-electron chi connectivity index (χ0n) is 10.7. The number of fused-ring (bicyclic) bond motifs is 1. The van der Waals surface area contributed by atoms with Crippen LogP contribution in [0.1, 0.15) is 45.4 Å². The Bertz CT molecular complexity index is 313. The Morgan fingerprint density at radius 1 is 1.29 bits per heavy atom. The third-order valence-electron chi connectivity index (χ3n) is 4.24. The van der Waals surface area contributed by atoms with E-state index in [1.165, 1.54) is 25.7 Å². The summed E-state index contributed by atoms with van der Waals surface area (Å²) in [6.07, 6.45) is 6.92. The molecule has 0 aromatic rings. The van der Waals surface area contributed by atoms with Gasteiger partial charge in [0.05, 0.1) is 0 Å². The highest BCUT2D eigenvalue weighted by Gasteiger charge is 2.40. The van der Waals surface area contributed by atoms with Gasteiger partial charge in [0.2, 0.25) is 0 Å². The molecule has 0 amide bonds. The fourth-order valence-electron chi connectivity index (χ4n) is 3.53. The van der Waals surface area contributed by atoms with E-state index >= 15 is 0 Å². The van der Waals surface area contributed by atoms with Gasteiger partial charge in [-0.1, -0.05) is 25.0 Å². The lowest BCUT2D eigenvalue weighted by Crippen LogP contribution is -2.55. The molecule has 3 unspecified atom stereocenters. The molecule has 0 radical (unpaired) electrons. The monoisotopic (exact) mass is 237 g/mol. The number of carboxylic acid groups (broad SMARTS) is 1. The fourth-order valence-corrected chi connectivity index (χ4v) is 3.53. The number of aliphatic carboxylic acids is 1. The molecular weight excluding hydrogens is 214 g/mol. The van der Waals surface area contributed by atoms with Crippen LogP contribution in [0.2, 0.25) is 0 Å². The number of nitrogens with zero attached hydrogens (tertiary/aromatic N) is 1. The summed E-state index contributed by atoms with van der Waals surface area (Å²) >= 11 is 0. The second kappa shape index (κ2) is 5.21. The molecule has 1 saturated heterocycles. The van der Waals surface area contributed by atoms with Crippen molar-refractivity contribution in [3.63, 3.8) is 0 Å². The van der Waals surface area contributed by atoms with E-state index in [0.29, 0.717) is 6.04 Å². The molecule has 2 fully saturated rings. The second-order valence-electron chi connectivity index (χ2n) is 5.67. The molecule has 1 N–H and O–H groups in total. The molecular formula is C14H23NO2. The number of likely N-dealkylation sites (tertiary alicyclic amines) is 1. The molecule has 2 rings (SSSR count). The highest BCUT2D eigenvalue weighted by atomic mass is 16.4. The smallest absolute Gasteiger partial charge is 0.320 e. The third kappa shape index (κ3) is 2.71. The van der Waals surface area contributed by atoms with E-state index < -0.39 is 5.97 Å². The number of piperidine rings is 1. The quantitative estimate of drug-likeness (QED) is 0.767. The van der Waals surface area contributed by atoms with E-state index in [4.69, 9.17) is 0 Å². The van der Waals surface area contributed by atoms with Crippen molar-refractivity contribution in [2.75, 3.05) is 6.54 Å². The van der Waals surface area contributed by atoms with Crippen LogP contribution in [0.5, 0.6) is 0 Å². The topological polar surface area (TPSA) is 40.5 Å². The predicted molar refractivity (Wildman–Crippen MR) is 67.9 cm³/mol. The van der Waals surface area contributed by atoms with Crippen LogP contribution in [0.4, 0.5) is 0 Å². The van der Waals surface area contributed by atoms with Crippen molar-refractivity contribution >= 4 is 5.97 Å². The van der Waals surface area contributed by atoms with Gasteiger partial charge in [-0.2, -0.15) is 0 Å². The Hall–Kier alpha value is -0.830. The highest BCUT2D eigenvalue weighted by molar-refractivity contribution is 5.73. The molecule has 3 atom stereocenters. The van der Waals surface area contributed by atoms with E-state index in [-0.39, 0.29) is 6.04 Å². The van der Waals surface area contributed by atoms with Crippen LogP contribution in [-0.4, -0.2) is 34.6 Å². The molecule has 2 aliphatic rings. The predicted octanol–water partition coefficient (Wildman–Crippen LogP) is 2.67. The minimum atomic E-state index is -0.657. The molecule has 1 aliphatic heterocycles. The maximum atomic E-state index is 11.3. The van der Waals surface area contributed by atoms with Gasteiger partial charge in [-0.25, -0.2) is 0 Å². The summed E-state index contributed by atoms with van der Waals surface area (Å²) < 4.78 is 0. The Morgan fingerprint density at radius 3 is 2.65 bits per heavy atom. The van der Waals surface area contributed by atoms with Gasteiger partial charge in [0, 0.05) is 12.6 Å². The first-order valence-corrected chi connectivity index (χ1v) is 6.72. The third-order valence-corrected chi connectivity index (χ3v) is 4.24. The van der Waals surface area contributed by atoms with Crippen LogP contribution in [-0.2, 0) is 4.79 Å². The summed E-state index contributed by atoms with van der Waals surface area (Å²) in [4.78, 5) is 13.6. The number of carbonyl (C=O) groups is 1. The highest BCUT2D eigenvalue weighted by Crippen LogP contribution is 2.38. The first-order chi connectivity index (χ1) is 8.09. The lowest BCUT2D eigenvalue weighted by atomic mass is 9.76. The van der Waals surface area contributed by atoms with Gasteiger partial charge in [0.15, 0.2) is 0 Å². The van der Waals surface area contributed by atoms with Gasteiger partial charge in [0.1, 0.15) is 6.04 Å². The first kappa shape index (κ1) is 12.6. The van der Waals surface area contributed by atoms with Crippen LogP contribution in [0.15, 0.2) is 12.2 Å². The Kier molecular flexibility index (Phi) is 3.87. The Morgan fingerprint density at radius 2 is 2.00 bits per heavy atom. The van der Waals surface area contributed by atoms with Crippen LogP contribution >= 0.6 is 0 Å². The van der Waals surface area contributed by atoms with E-state index in [0.717, 1.165) is 30.9 Å². The zero-order chi connectivity index (χ0) is 12.4. The molecule has 96 valence electrons. The number of carboxylic acids is 1. The zero-order valence-corrected chi connectivity index (χ0v) is 10.7. The SMILES string of the molecule is C=C(C)CN1C(C(=O)O)CCC2CCCCC21. The van der Waals surface area contributed by atoms with Crippen molar-refractivity contribution < 1.29 is 9.90 Å². The molecule has 3 heteroatoms. The summed E-state index contributed by atoms with van der Waals surface area (Å²) in [6.45, 7) is 6.69. The molecule has 1 heterocycles. The Balaban J connectivity index is 2.15. The normalized spacial score (nSPS) is 34.1. The van der Waals surface area contributed by atoms with E-state index in [9.17, 15) is 9.90 Å². The van der Waals surface area contributed by atoms with Gasteiger partial charge in [0.25, 0.3) is 0 Å². The van der Waals surface area contributed by atoms with E-state index in [1.807, 2.05) is 6.92 Å². The summed E-state index contributed by atoms with van der Waals surface area (Å²) in [5, 5.41) is 9.34. The minimum absolute atomic E-state index is 0.286. The van der Waals surface area contributed by atoms with Crippen LogP contribution in [0.25, 0.3) is 0 Å². The standard InChI is InChI=1S/C14H23NO2/c1-10(2)9-15-12-6-4-3-5-11(12)7-8-13(15)14(16)17/h11-13H,1,3-9H2,2H3,(H,16,17). The van der Waals surface area contributed by atoms with Crippen molar-refractivity contribution in [2.24, 2.45) is 5.92 Å². The molecule has 0 aromatic carbocycles. The lowest BCUT2D eigenvalue weighted by molar-refractivity contribution is -0.147. The van der Waals surface area contributed by atoms with Crippen LogP contribution < -0.4 is 0 Å². The fraction of sp³-hybridized carbons (Fsp3) is 0.786.